The summed E-state index contributed by atoms with van der Waals surface area (Å²) in [6.07, 6.45) is 3.60. The maximum atomic E-state index is 10.3. The minimum absolute atomic E-state index is 0.217. The van der Waals surface area contributed by atoms with E-state index in [4.69, 9.17) is 9.26 Å². The predicted octanol–water partition coefficient (Wildman–Crippen LogP) is 1.76. The molecule has 100 valence electrons. The zero-order valence-corrected chi connectivity index (χ0v) is 10.8. The van der Waals surface area contributed by atoms with Crippen LogP contribution in [0.15, 0.2) is 22.9 Å². The zero-order valence-electron chi connectivity index (χ0n) is 10.8. The van der Waals surface area contributed by atoms with E-state index in [-0.39, 0.29) is 11.8 Å². The molecule has 1 aliphatic rings. The number of methoxy groups -OCH3 is 1. The molecular formula is C13H15N3O3. The van der Waals surface area contributed by atoms with Crippen LogP contribution in [0.2, 0.25) is 0 Å². The normalized spacial score (nSPS) is 18.1. The monoisotopic (exact) mass is 261 g/mol. The maximum absolute atomic E-state index is 10.3. The third-order valence-corrected chi connectivity index (χ3v) is 3.43. The summed E-state index contributed by atoms with van der Waals surface area (Å²) in [5, 5.41) is 14.2. The number of hydrogen-bond donors (Lipinski definition) is 1. The fourth-order valence-electron chi connectivity index (χ4n) is 2.00. The largest absolute Gasteiger partial charge is 0.481 e. The molecule has 1 N–H and O–H groups in total. The number of nitrogens with zero attached hydrogens (tertiary/aromatic N) is 3. The highest BCUT2D eigenvalue weighted by Gasteiger charge is 2.45. The van der Waals surface area contributed by atoms with Gasteiger partial charge in [-0.25, -0.2) is 4.98 Å². The van der Waals surface area contributed by atoms with Gasteiger partial charge in [0.2, 0.25) is 11.7 Å². The van der Waals surface area contributed by atoms with Crippen LogP contribution in [0.5, 0.6) is 5.88 Å². The molecule has 3 rings (SSSR count). The number of hydrogen-bond acceptors (Lipinski definition) is 6. The molecule has 0 aliphatic heterocycles. The summed E-state index contributed by atoms with van der Waals surface area (Å²) in [5.74, 6) is 1.43. The molecule has 6 nitrogen and oxygen atoms in total. The lowest BCUT2D eigenvalue weighted by molar-refractivity contribution is 0.000916. The van der Waals surface area contributed by atoms with Gasteiger partial charge in [-0.3, -0.25) is 0 Å². The van der Waals surface area contributed by atoms with Crippen molar-refractivity contribution in [2.45, 2.75) is 25.4 Å². The highest BCUT2D eigenvalue weighted by Crippen LogP contribution is 2.45. The van der Waals surface area contributed by atoms with Gasteiger partial charge < -0.3 is 14.4 Å². The Balaban J connectivity index is 1.87. The van der Waals surface area contributed by atoms with Crippen LogP contribution in [0.25, 0.3) is 11.4 Å². The molecule has 6 heteroatoms. The molecule has 19 heavy (non-hydrogen) atoms. The van der Waals surface area contributed by atoms with Crippen LogP contribution in [-0.2, 0) is 5.60 Å². The molecule has 1 fully saturated rings. The Morgan fingerprint density at radius 3 is 2.79 bits per heavy atom. The zero-order chi connectivity index (χ0) is 13.5. The molecule has 1 saturated carbocycles. The Kier molecular flexibility index (Phi) is 2.74. The average molecular weight is 261 g/mol. The van der Waals surface area contributed by atoms with Gasteiger partial charge in [0.1, 0.15) is 5.60 Å². The van der Waals surface area contributed by atoms with Crippen molar-refractivity contribution >= 4 is 0 Å². The Hall–Kier alpha value is -1.95. The van der Waals surface area contributed by atoms with Gasteiger partial charge in [-0.05, 0) is 31.7 Å². The van der Waals surface area contributed by atoms with Gasteiger partial charge in [0.05, 0.1) is 7.11 Å². The number of aliphatic hydroxyl groups is 1. The molecule has 0 radical (unpaired) electrons. The average Bonchev–Trinajstić information content (AvgIpc) is 3.17. The van der Waals surface area contributed by atoms with E-state index in [0.29, 0.717) is 11.7 Å². The van der Waals surface area contributed by atoms with Crippen molar-refractivity contribution < 1.29 is 14.4 Å². The first-order valence-electron chi connectivity index (χ1n) is 6.18. The Morgan fingerprint density at radius 1 is 1.42 bits per heavy atom. The molecule has 2 aromatic heterocycles. The van der Waals surface area contributed by atoms with Gasteiger partial charge in [0, 0.05) is 17.8 Å². The minimum atomic E-state index is -1.04. The highest BCUT2D eigenvalue weighted by molar-refractivity contribution is 5.53. The molecule has 1 aliphatic carbocycles. The topological polar surface area (TPSA) is 81.3 Å². The van der Waals surface area contributed by atoms with Gasteiger partial charge >= 0.3 is 0 Å². The summed E-state index contributed by atoms with van der Waals surface area (Å²) in [6, 6.07) is 3.52. The van der Waals surface area contributed by atoms with Crippen LogP contribution in [0, 0.1) is 5.92 Å². The fraction of sp³-hybridized carbons (Fsp3) is 0.462. The van der Waals surface area contributed by atoms with Crippen molar-refractivity contribution in [2.75, 3.05) is 7.11 Å². The molecular weight excluding hydrogens is 246 g/mol. The van der Waals surface area contributed by atoms with E-state index in [1.54, 1.807) is 32.4 Å². The van der Waals surface area contributed by atoms with E-state index >= 15 is 0 Å². The van der Waals surface area contributed by atoms with Crippen molar-refractivity contribution in [3.8, 4) is 17.3 Å². The van der Waals surface area contributed by atoms with Crippen LogP contribution < -0.4 is 4.74 Å². The van der Waals surface area contributed by atoms with Crippen molar-refractivity contribution in [1.82, 2.24) is 15.1 Å². The van der Waals surface area contributed by atoms with E-state index in [9.17, 15) is 5.11 Å². The molecule has 1 atom stereocenters. The predicted molar refractivity (Wildman–Crippen MR) is 66.4 cm³/mol. The second-order valence-corrected chi connectivity index (χ2v) is 4.93. The Bertz CT molecular complexity index is 573. The van der Waals surface area contributed by atoms with Gasteiger partial charge in [0.15, 0.2) is 0 Å². The molecule has 0 bridgehead atoms. The minimum Gasteiger partial charge on any atom is -0.481 e. The molecule has 0 amide bonds. The van der Waals surface area contributed by atoms with Crippen molar-refractivity contribution in [1.29, 1.82) is 0 Å². The maximum Gasteiger partial charge on any atom is 0.258 e. The van der Waals surface area contributed by atoms with Gasteiger partial charge in [-0.2, -0.15) is 4.98 Å². The first kappa shape index (κ1) is 12.1. The van der Waals surface area contributed by atoms with Crippen molar-refractivity contribution in [3.63, 3.8) is 0 Å². The van der Waals surface area contributed by atoms with Crippen LogP contribution in [0.3, 0.4) is 0 Å². The van der Waals surface area contributed by atoms with E-state index in [2.05, 4.69) is 15.1 Å². The second kappa shape index (κ2) is 4.31. The summed E-state index contributed by atoms with van der Waals surface area (Å²) in [7, 11) is 1.56. The van der Waals surface area contributed by atoms with Gasteiger partial charge in [0.25, 0.3) is 5.89 Å². The van der Waals surface area contributed by atoms with Gasteiger partial charge in [-0.1, -0.05) is 5.16 Å². The Morgan fingerprint density at radius 2 is 2.21 bits per heavy atom. The van der Waals surface area contributed by atoms with Crippen LogP contribution in [-0.4, -0.2) is 27.3 Å². The van der Waals surface area contributed by atoms with Crippen molar-refractivity contribution in [2.24, 2.45) is 5.92 Å². The third-order valence-electron chi connectivity index (χ3n) is 3.43. The third kappa shape index (κ3) is 2.19. The summed E-state index contributed by atoms with van der Waals surface area (Å²) in [5.41, 5.74) is -0.312. The van der Waals surface area contributed by atoms with E-state index in [0.717, 1.165) is 18.4 Å². The van der Waals surface area contributed by atoms with E-state index in [1.807, 2.05) is 0 Å². The molecule has 2 aromatic rings. The molecule has 2 heterocycles. The summed E-state index contributed by atoms with van der Waals surface area (Å²) in [4.78, 5) is 8.35. The van der Waals surface area contributed by atoms with Crippen LogP contribution in [0.4, 0.5) is 0 Å². The quantitative estimate of drug-likeness (QED) is 0.903. The van der Waals surface area contributed by atoms with Crippen LogP contribution in [0.1, 0.15) is 25.7 Å². The summed E-state index contributed by atoms with van der Waals surface area (Å²) in [6.45, 7) is 1.72. The number of pyridine rings is 1. The lowest BCUT2D eigenvalue weighted by atomic mass is 10.0. The first-order chi connectivity index (χ1) is 9.11. The molecule has 0 aromatic carbocycles. The standard InChI is InChI=1S/C13H15N3O3/c1-13(17,9-4-5-9)12-15-11(16-19-12)8-3-6-10(18-2)14-7-8/h3,6-7,9,17H,4-5H2,1-2H3. The smallest absolute Gasteiger partial charge is 0.258 e. The first-order valence-corrected chi connectivity index (χ1v) is 6.18. The lowest BCUT2D eigenvalue weighted by Crippen LogP contribution is -2.24. The number of rotatable bonds is 4. The molecule has 0 saturated heterocycles. The number of aromatic nitrogens is 3. The fourth-order valence-corrected chi connectivity index (χ4v) is 2.00. The molecule has 1 unspecified atom stereocenters. The van der Waals surface area contributed by atoms with Crippen molar-refractivity contribution in [3.05, 3.63) is 24.2 Å². The highest BCUT2D eigenvalue weighted by atomic mass is 16.5. The second-order valence-electron chi connectivity index (χ2n) is 4.93. The summed E-state index contributed by atoms with van der Waals surface area (Å²) < 4.78 is 10.2. The summed E-state index contributed by atoms with van der Waals surface area (Å²) >= 11 is 0. The Labute approximate surface area is 110 Å². The molecule has 0 spiro atoms. The van der Waals surface area contributed by atoms with E-state index < -0.39 is 5.60 Å². The van der Waals surface area contributed by atoms with Gasteiger partial charge in [-0.15, -0.1) is 0 Å². The SMILES string of the molecule is COc1ccc(-c2noc(C(C)(O)C3CC3)n2)cn1. The van der Waals surface area contributed by atoms with Crippen LogP contribution >= 0.6 is 0 Å². The lowest BCUT2D eigenvalue weighted by Gasteiger charge is -2.16. The van der Waals surface area contributed by atoms with E-state index in [1.165, 1.54) is 0 Å². The number of ether oxygens (including phenoxy) is 1.